The molecule has 2 aliphatic heterocycles. The molecule has 0 saturated carbocycles. The summed E-state index contributed by atoms with van der Waals surface area (Å²) in [7, 11) is 0. The van der Waals surface area contributed by atoms with E-state index in [1.54, 1.807) is 0 Å². The van der Waals surface area contributed by atoms with Crippen molar-refractivity contribution in [3.63, 3.8) is 0 Å². The largest absolute Gasteiger partial charge is 0.378 e. The van der Waals surface area contributed by atoms with Crippen molar-refractivity contribution in [3.05, 3.63) is 52.3 Å². The molecule has 2 aromatic rings. The Kier molecular flexibility index (Phi) is 5.64. The summed E-state index contributed by atoms with van der Waals surface area (Å²) >= 11 is 6.06. The molecule has 3 heterocycles. The van der Waals surface area contributed by atoms with Crippen LogP contribution in [-0.4, -0.2) is 53.6 Å². The van der Waals surface area contributed by atoms with Gasteiger partial charge < -0.3 is 15.0 Å². The summed E-state index contributed by atoms with van der Waals surface area (Å²) in [5.41, 5.74) is 2.18. The molecule has 1 aromatic heterocycles. The van der Waals surface area contributed by atoms with Gasteiger partial charge in [0.15, 0.2) is 5.82 Å². The first-order valence-electron chi connectivity index (χ1n) is 9.17. The van der Waals surface area contributed by atoms with Crippen LogP contribution in [0.25, 0.3) is 12.2 Å². The van der Waals surface area contributed by atoms with E-state index in [0.29, 0.717) is 42.5 Å². The highest BCUT2D eigenvalue weighted by Gasteiger charge is 2.17. The van der Waals surface area contributed by atoms with Crippen LogP contribution in [0.5, 0.6) is 0 Å². The Balaban J connectivity index is 1.62. The number of ether oxygens (including phenoxy) is 1. The molecule has 1 saturated heterocycles. The summed E-state index contributed by atoms with van der Waals surface area (Å²) in [6.07, 6.45) is 5.80. The van der Waals surface area contributed by atoms with Crippen molar-refractivity contribution in [2.45, 2.75) is 6.92 Å². The Bertz CT molecular complexity index is 949. The molecule has 4 rings (SSSR count). The van der Waals surface area contributed by atoms with Gasteiger partial charge in [-0.05, 0) is 42.3 Å². The Morgan fingerprint density at radius 1 is 1.14 bits per heavy atom. The first kappa shape index (κ1) is 18.6. The number of halogens is 1. The third-order valence-corrected chi connectivity index (χ3v) is 4.57. The Morgan fingerprint density at radius 3 is 2.75 bits per heavy atom. The van der Waals surface area contributed by atoms with Crippen LogP contribution in [-0.2, 0) is 4.74 Å². The molecule has 0 atom stereocenters. The zero-order valence-electron chi connectivity index (χ0n) is 15.6. The maximum Gasteiger partial charge on any atom is 0.233 e. The van der Waals surface area contributed by atoms with E-state index in [1.165, 1.54) is 5.57 Å². The first-order valence-corrected chi connectivity index (χ1v) is 9.54. The molecule has 1 fully saturated rings. The fourth-order valence-electron chi connectivity index (χ4n) is 2.92. The van der Waals surface area contributed by atoms with E-state index in [0.717, 1.165) is 24.5 Å². The van der Waals surface area contributed by atoms with Crippen LogP contribution in [0.1, 0.15) is 18.3 Å². The zero-order chi connectivity index (χ0) is 19.3. The lowest BCUT2D eigenvalue weighted by Gasteiger charge is -2.27. The zero-order valence-corrected chi connectivity index (χ0v) is 16.4. The number of hydrogen-bond acceptors (Lipinski definition) is 7. The lowest BCUT2D eigenvalue weighted by atomic mass is 10.2. The number of aromatic nitrogens is 3. The van der Waals surface area contributed by atoms with E-state index in [1.807, 2.05) is 49.4 Å². The lowest BCUT2D eigenvalue weighted by molar-refractivity contribution is 0.122. The minimum Gasteiger partial charge on any atom is -0.378 e. The predicted octanol–water partition coefficient (Wildman–Crippen LogP) is 3.30. The molecule has 144 valence electrons. The van der Waals surface area contributed by atoms with Crippen molar-refractivity contribution in [3.8, 4) is 0 Å². The molecule has 0 unspecified atom stereocenters. The first-order chi connectivity index (χ1) is 13.7. The number of anilines is 2. The van der Waals surface area contributed by atoms with Gasteiger partial charge in [0.25, 0.3) is 0 Å². The van der Waals surface area contributed by atoms with Crippen molar-refractivity contribution in [2.24, 2.45) is 4.99 Å². The van der Waals surface area contributed by atoms with Crippen LogP contribution >= 0.6 is 11.6 Å². The number of rotatable bonds is 4. The summed E-state index contributed by atoms with van der Waals surface area (Å²) in [5, 5.41) is 3.89. The van der Waals surface area contributed by atoms with Gasteiger partial charge in [-0.3, -0.25) is 4.99 Å². The topological polar surface area (TPSA) is 75.5 Å². The third kappa shape index (κ3) is 4.74. The molecule has 0 spiro atoms. The molecular weight excluding hydrogens is 376 g/mol. The van der Waals surface area contributed by atoms with Crippen molar-refractivity contribution < 1.29 is 4.74 Å². The fraction of sp³-hybridized carbons (Fsp3) is 0.300. The third-order valence-electron chi connectivity index (χ3n) is 4.33. The number of nitrogens with one attached hydrogen (secondary N) is 1. The van der Waals surface area contributed by atoms with Crippen molar-refractivity contribution in [1.29, 1.82) is 0 Å². The van der Waals surface area contributed by atoms with Gasteiger partial charge in [0.1, 0.15) is 5.84 Å². The molecule has 0 bridgehead atoms. The molecule has 8 heteroatoms. The van der Waals surface area contributed by atoms with E-state index in [2.05, 4.69) is 30.2 Å². The minimum atomic E-state index is 0.479. The monoisotopic (exact) mass is 396 g/mol. The second-order valence-electron chi connectivity index (χ2n) is 6.62. The highest BCUT2D eigenvalue weighted by molar-refractivity contribution is 6.30. The van der Waals surface area contributed by atoms with Crippen molar-refractivity contribution in [1.82, 2.24) is 15.0 Å². The van der Waals surface area contributed by atoms with Gasteiger partial charge >= 0.3 is 0 Å². The maximum absolute atomic E-state index is 6.06. The van der Waals surface area contributed by atoms with E-state index >= 15 is 0 Å². The van der Waals surface area contributed by atoms with Gasteiger partial charge in [0.2, 0.25) is 11.9 Å². The molecule has 0 amide bonds. The molecule has 1 N–H and O–H groups in total. The quantitative estimate of drug-likeness (QED) is 0.854. The van der Waals surface area contributed by atoms with Crippen LogP contribution in [0, 0.1) is 0 Å². The van der Waals surface area contributed by atoms with Gasteiger partial charge in [-0.15, -0.1) is 0 Å². The summed E-state index contributed by atoms with van der Waals surface area (Å²) in [6, 6.07) is 7.63. The Morgan fingerprint density at radius 2 is 2.00 bits per heavy atom. The summed E-state index contributed by atoms with van der Waals surface area (Å²) < 4.78 is 5.44. The number of amidine groups is 1. The molecule has 2 aliphatic rings. The molecule has 0 radical (unpaired) electrons. The van der Waals surface area contributed by atoms with Gasteiger partial charge in [-0.1, -0.05) is 29.8 Å². The lowest BCUT2D eigenvalue weighted by Crippen LogP contribution is -2.37. The predicted molar refractivity (Wildman–Crippen MR) is 113 cm³/mol. The van der Waals surface area contributed by atoms with Crippen LogP contribution in [0.2, 0.25) is 5.02 Å². The summed E-state index contributed by atoms with van der Waals surface area (Å²) in [6.45, 7) is 5.57. The maximum atomic E-state index is 6.06. The standard InChI is InChI=1S/C20H21ClN6O/c1-14-11-18(22-13-14)24-19-23-17(6-5-15-3-2-4-16(21)12-15)25-20(26-19)27-7-9-28-10-8-27/h2-6,11-12H,7-10,13H2,1H3,(H,22,23,24,25,26)/b6-5+. The van der Waals surface area contributed by atoms with Crippen LogP contribution in [0.4, 0.5) is 11.9 Å². The van der Waals surface area contributed by atoms with Crippen LogP contribution in [0.15, 0.2) is 40.9 Å². The number of morpholine rings is 1. The number of nitrogens with zero attached hydrogens (tertiary/aromatic N) is 5. The summed E-state index contributed by atoms with van der Waals surface area (Å²) in [4.78, 5) is 20.3. The highest BCUT2D eigenvalue weighted by Crippen LogP contribution is 2.17. The van der Waals surface area contributed by atoms with Crippen molar-refractivity contribution in [2.75, 3.05) is 43.1 Å². The van der Waals surface area contributed by atoms with E-state index < -0.39 is 0 Å². The molecule has 7 nitrogen and oxygen atoms in total. The highest BCUT2D eigenvalue weighted by atomic mass is 35.5. The molecule has 0 aliphatic carbocycles. The normalized spacial score (nSPS) is 17.0. The molecule has 1 aromatic carbocycles. The number of aliphatic imine (C=N–C) groups is 1. The van der Waals surface area contributed by atoms with Gasteiger partial charge in [0.05, 0.1) is 19.8 Å². The number of benzene rings is 1. The van der Waals surface area contributed by atoms with Crippen LogP contribution < -0.4 is 10.2 Å². The second-order valence-corrected chi connectivity index (χ2v) is 7.06. The SMILES string of the molecule is CC1=CC(Nc2nc(/C=C/c3cccc(Cl)c3)nc(N3CCOCC3)n2)=NC1. The fourth-order valence-corrected chi connectivity index (χ4v) is 3.12. The molecule has 28 heavy (non-hydrogen) atoms. The minimum absolute atomic E-state index is 0.479. The smallest absolute Gasteiger partial charge is 0.233 e. The van der Waals surface area contributed by atoms with Gasteiger partial charge in [-0.25, -0.2) is 0 Å². The Hall–Kier alpha value is -2.77. The average Bonchev–Trinajstić information content (AvgIpc) is 3.11. The van der Waals surface area contributed by atoms with E-state index in [9.17, 15) is 0 Å². The average molecular weight is 397 g/mol. The van der Waals surface area contributed by atoms with Crippen LogP contribution in [0.3, 0.4) is 0 Å². The second kappa shape index (κ2) is 8.50. The van der Waals surface area contributed by atoms with Gasteiger partial charge in [-0.2, -0.15) is 15.0 Å². The molecular formula is C20H21ClN6O. The van der Waals surface area contributed by atoms with Crippen molar-refractivity contribution >= 4 is 41.5 Å². The van der Waals surface area contributed by atoms with E-state index in [4.69, 9.17) is 16.3 Å². The summed E-state index contributed by atoms with van der Waals surface area (Å²) in [5.74, 6) is 2.44. The number of hydrogen-bond donors (Lipinski definition) is 1. The Labute approximate surface area is 168 Å². The van der Waals surface area contributed by atoms with Gasteiger partial charge in [0, 0.05) is 18.1 Å². The van der Waals surface area contributed by atoms with E-state index in [-0.39, 0.29) is 0 Å².